The summed E-state index contributed by atoms with van der Waals surface area (Å²) in [4.78, 5) is 0. The van der Waals surface area contributed by atoms with Gasteiger partial charge in [-0.05, 0) is 18.6 Å². The van der Waals surface area contributed by atoms with Crippen LogP contribution in [-0.4, -0.2) is 33.6 Å². The number of nitrogens with two attached hydrogens (primary N) is 1. The van der Waals surface area contributed by atoms with Crippen LogP contribution in [-0.2, 0) is 4.74 Å². The fraction of sp³-hybridized carbons (Fsp3) is 0.538. The molecule has 0 bridgehead atoms. The molecule has 20 heavy (non-hydrogen) atoms. The maximum absolute atomic E-state index is 11.9. The molecule has 0 saturated heterocycles. The summed E-state index contributed by atoms with van der Waals surface area (Å²) in [6.45, 7) is -1.37. The molecule has 0 saturated carbocycles. The van der Waals surface area contributed by atoms with Crippen molar-refractivity contribution in [1.29, 1.82) is 0 Å². The Balaban J connectivity index is 2.65. The SMILES string of the molecule is COc1cccc(OC)c1C(N)CCOCC(F)(F)F. The van der Waals surface area contributed by atoms with Crippen molar-refractivity contribution < 1.29 is 27.4 Å². The predicted molar refractivity (Wildman–Crippen MR) is 68.0 cm³/mol. The first-order valence-electron chi connectivity index (χ1n) is 6.00. The second-order valence-corrected chi connectivity index (χ2v) is 4.14. The van der Waals surface area contributed by atoms with Crippen molar-refractivity contribution in [2.24, 2.45) is 5.73 Å². The van der Waals surface area contributed by atoms with Gasteiger partial charge in [0.2, 0.25) is 0 Å². The Morgan fingerprint density at radius 3 is 2.15 bits per heavy atom. The Labute approximate surface area is 115 Å². The van der Waals surface area contributed by atoms with Gasteiger partial charge in [-0.3, -0.25) is 0 Å². The molecule has 114 valence electrons. The summed E-state index contributed by atoms with van der Waals surface area (Å²) in [5.74, 6) is 1.07. The average Bonchev–Trinajstić information content (AvgIpc) is 2.41. The highest BCUT2D eigenvalue weighted by Gasteiger charge is 2.27. The molecule has 0 aliphatic rings. The molecule has 0 spiro atoms. The van der Waals surface area contributed by atoms with Gasteiger partial charge in [0.15, 0.2) is 0 Å². The second kappa shape index (κ2) is 7.35. The quantitative estimate of drug-likeness (QED) is 0.785. The third-order valence-corrected chi connectivity index (χ3v) is 2.68. The highest BCUT2D eigenvalue weighted by Crippen LogP contribution is 2.34. The lowest BCUT2D eigenvalue weighted by atomic mass is 10.0. The van der Waals surface area contributed by atoms with Gasteiger partial charge in [0.1, 0.15) is 18.1 Å². The molecule has 1 atom stereocenters. The minimum absolute atomic E-state index is 0.0954. The molecule has 0 radical (unpaired) electrons. The highest BCUT2D eigenvalue weighted by molar-refractivity contribution is 5.46. The van der Waals surface area contributed by atoms with E-state index < -0.39 is 18.8 Å². The van der Waals surface area contributed by atoms with E-state index in [9.17, 15) is 13.2 Å². The van der Waals surface area contributed by atoms with Crippen molar-refractivity contribution in [3.8, 4) is 11.5 Å². The summed E-state index contributed by atoms with van der Waals surface area (Å²) >= 11 is 0. The molecule has 4 nitrogen and oxygen atoms in total. The molecule has 0 amide bonds. The van der Waals surface area contributed by atoms with Gasteiger partial charge in [0.05, 0.1) is 19.8 Å². The van der Waals surface area contributed by atoms with Gasteiger partial charge in [0, 0.05) is 12.6 Å². The van der Waals surface area contributed by atoms with Crippen LogP contribution in [0.2, 0.25) is 0 Å². The maximum Gasteiger partial charge on any atom is 0.411 e. The number of ether oxygens (including phenoxy) is 3. The zero-order valence-electron chi connectivity index (χ0n) is 11.4. The van der Waals surface area contributed by atoms with Crippen molar-refractivity contribution in [3.63, 3.8) is 0 Å². The van der Waals surface area contributed by atoms with Crippen molar-refractivity contribution in [3.05, 3.63) is 23.8 Å². The summed E-state index contributed by atoms with van der Waals surface area (Å²) in [7, 11) is 2.98. The first kappa shape index (κ1) is 16.6. The van der Waals surface area contributed by atoms with Crippen LogP contribution in [0.25, 0.3) is 0 Å². The van der Waals surface area contributed by atoms with E-state index in [1.54, 1.807) is 18.2 Å². The van der Waals surface area contributed by atoms with Crippen LogP contribution in [0.1, 0.15) is 18.0 Å². The van der Waals surface area contributed by atoms with E-state index >= 15 is 0 Å². The summed E-state index contributed by atoms with van der Waals surface area (Å²) in [5.41, 5.74) is 6.59. The van der Waals surface area contributed by atoms with Gasteiger partial charge < -0.3 is 19.9 Å². The van der Waals surface area contributed by atoms with Gasteiger partial charge >= 0.3 is 6.18 Å². The molecule has 0 heterocycles. The number of hydrogen-bond donors (Lipinski definition) is 1. The Morgan fingerprint density at radius 2 is 1.70 bits per heavy atom. The van der Waals surface area contributed by atoms with Crippen molar-refractivity contribution in [2.75, 3.05) is 27.4 Å². The fourth-order valence-corrected chi connectivity index (χ4v) is 1.79. The van der Waals surface area contributed by atoms with Crippen LogP contribution in [0.15, 0.2) is 18.2 Å². The van der Waals surface area contributed by atoms with E-state index in [1.807, 2.05) is 0 Å². The van der Waals surface area contributed by atoms with Crippen LogP contribution in [0, 0.1) is 0 Å². The van der Waals surface area contributed by atoms with E-state index in [4.69, 9.17) is 15.2 Å². The van der Waals surface area contributed by atoms with Gasteiger partial charge in [-0.25, -0.2) is 0 Å². The Morgan fingerprint density at radius 1 is 1.15 bits per heavy atom. The van der Waals surface area contributed by atoms with Gasteiger partial charge in [-0.15, -0.1) is 0 Å². The Kier molecular flexibility index (Phi) is 6.09. The van der Waals surface area contributed by atoms with Crippen LogP contribution in [0.5, 0.6) is 11.5 Å². The van der Waals surface area contributed by atoms with E-state index in [2.05, 4.69) is 4.74 Å². The van der Waals surface area contributed by atoms with E-state index in [1.165, 1.54) is 14.2 Å². The number of benzene rings is 1. The molecule has 2 N–H and O–H groups in total. The molecular weight excluding hydrogens is 275 g/mol. The maximum atomic E-state index is 11.9. The predicted octanol–water partition coefficient (Wildman–Crippen LogP) is 2.67. The highest BCUT2D eigenvalue weighted by atomic mass is 19.4. The third kappa shape index (κ3) is 4.90. The van der Waals surface area contributed by atoms with Crippen molar-refractivity contribution in [2.45, 2.75) is 18.6 Å². The van der Waals surface area contributed by atoms with E-state index in [0.29, 0.717) is 17.1 Å². The third-order valence-electron chi connectivity index (χ3n) is 2.68. The molecule has 1 aromatic rings. The molecule has 0 aromatic heterocycles. The Bertz CT molecular complexity index is 402. The number of halogens is 3. The topological polar surface area (TPSA) is 53.7 Å². The second-order valence-electron chi connectivity index (χ2n) is 4.14. The summed E-state index contributed by atoms with van der Waals surface area (Å²) < 4.78 is 50.8. The molecular formula is C13H18F3NO3. The molecule has 7 heteroatoms. The zero-order valence-corrected chi connectivity index (χ0v) is 11.4. The first-order valence-corrected chi connectivity index (χ1v) is 6.00. The molecule has 0 aliphatic heterocycles. The van der Waals surface area contributed by atoms with Crippen LogP contribution < -0.4 is 15.2 Å². The number of hydrogen-bond acceptors (Lipinski definition) is 4. The minimum atomic E-state index is -4.33. The Hall–Kier alpha value is -1.47. The van der Waals surface area contributed by atoms with E-state index in [0.717, 1.165) is 0 Å². The number of rotatable bonds is 7. The monoisotopic (exact) mass is 293 g/mol. The van der Waals surface area contributed by atoms with Crippen LogP contribution >= 0.6 is 0 Å². The van der Waals surface area contributed by atoms with Gasteiger partial charge in [-0.1, -0.05) is 6.07 Å². The fourth-order valence-electron chi connectivity index (χ4n) is 1.79. The lowest BCUT2D eigenvalue weighted by Crippen LogP contribution is -2.20. The van der Waals surface area contributed by atoms with Gasteiger partial charge in [0.25, 0.3) is 0 Å². The summed E-state index contributed by atoms with van der Waals surface area (Å²) in [6.07, 6.45) is -4.10. The standard InChI is InChI=1S/C13H18F3NO3/c1-18-10-4-3-5-11(19-2)12(10)9(17)6-7-20-8-13(14,15)16/h3-5,9H,6-8,17H2,1-2H3. The van der Waals surface area contributed by atoms with E-state index in [-0.39, 0.29) is 13.0 Å². The largest absolute Gasteiger partial charge is 0.496 e. The lowest BCUT2D eigenvalue weighted by molar-refractivity contribution is -0.174. The number of methoxy groups -OCH3 is 2. The molecule has 0 aliphatic carbocycles. The summed E-state index contributed by atoms with van der Waals surface area (Å²) in [5, 5.41) is 0. The molecule has 1 aromatic carbocycles. The number of alkyl halides is 3. The first-order chi connectivity index (χ1) is 9.39. The van der Waals surface area contributed by atoms with Crippen molar-refractivity contribution >= 4 is 0 Å². The normalized spacial score (nSPS) is 13.1. The minimum Gasteiger partial charge on any atom is -0.496 e. The molecule has 1 unspecified atom stereocenters. The smallest absolute Gasteiger partial charge is 0.411 e. The average molecular weight is 293 g/mol. The van der Waals surface area contributed by atoms with Crippen LogP contribution in [0.4, 0.5) is 13.2 Å². The molecule has 0 fully saturated rings. The van der Waals surface area contributed by atoms with Gasteiger partial charge in [-0.2, -0.15) is 13.2 Å². The van der Waals surface area contributed by atoms with Crippen LogP contribution in [0.3, 0.4) is 0 Å². The zero-order chi connectivity index (χ0) is 15.2. The van der Waals surface area contributed by atoms with Crippen molar-refractivity contribution in [1.82, 2.24) is 0 Å². The molecule has 1 rings (SSSR count). The summed E-state index contributed by atoms with van der Waals surface area (Å²) in [6, 6.07) is 4.64. The lowest BCUT2D eigenvalue weighted by Gasteiger charge is -2.19.